The minimum Gasteiger partial charge on any atom is -0.480 e. The predicted molar refractivity (Wildman–Crippen MR) is 100 cm³/mol. The van der Waals surface area contributed by atoms with E-state index in [-0.39, 0.29) is 5.56 Å². The Kier molecular flexibility index (Phi) is 4.72. The zero-order chi connectivity index (χ0) is 18.1. The predicted octanol–water partition coefficient (Wildman–Crippen LogP) is 4.03. The van der Waals surface area contributed by atoms with Gasteiger partial charge in [0, 0.05) is 10.4 Å². The number of carboxylic acid groups (broad SMARTS) is 1. The first-order valence-corrected chi connectivity index (χ1v) is 9.12. The number of thiophene rings is 1. The Balaban J connectivity index is 2.37. The molecule has 0 aliphatic heterocycles. The lowest BCUT2D eigenvalue weighted by molar-refractivity contribution is -0.141. The van der Waals surface area contributed by atoms with Crippen molar-refractivity contribution in [2.45, 2.75) is 39.7 Å². The SMILES string of the molecule is CCc1cc2c(=O)n(C(CC)C(=O)O)c(-c3ccc(C)cc3)nc2s1. The number of hydrogen-bond donors (Lipinski definition) is 1. The van der Waals surface area contributed by atoms with Crippen LogP contribution >= 0.6 is 11.3 Å². The average molecular weight is 356 g/mol. The number of fused-ring (bicyclic) bond motifs is 1. The molecule has 6 heteroatoms. The van der Waals surface area contributed by atoms with E-state index < -0.39 is 12.0 Å². The van der Waals surface area contributed by atoms with Crippen LogP contribution in [-0.2, 0) is 11.2 Å². The van der Waals surface area contributed by atoms with Gasteiger partial charge in [-0.3, -0.25) is 9.36 Å². The third-order valence-corrected chi connectivity index (χ3v) is 5.46. The van der Waals surface area contributed by atoms with Gasteiger partial charge in [-0.1, -0.05) is 43.7 Å². The number of aromatic nitrogens is 2. The number of benzene rings is 1. The second-order valence-corrected chi connectivity index (χ2v) is 7.14. The van der Waals surface area contributed by atoms with Crippen molar-refractivity contribution in [1.29, 1.82) is 0 Å². The maximum absolute atomic E-state index is 13.1. The highest BCUT2D eigenvalue weighted by Crippen LogP contribution is 2.28. The minimum atomic E-state index is -1.02. The molecule has 2 aromatic heterocycles. The Morgan fingerprint density at radius 2 is 1.96 bits per heavy atom. The van der Waals surface area contributed by atoms with E-state index in [0.717, 1.165) is 22.4 Å². The zero-order valence-electron chi connectivity index (χ0n) is 14.4. The first-order chi connectivity index (χ1) is 12.0. The molecule has 1 aromatic carbocycles. The number of aliphatic carboxylic acids is 1. The van der Waals surface area contributed by atoms with Crippen LogP contribution in [0.25, 0.3) is 21.6 Å². The van der Waals surface area contributed by atoms with Crippen LogP contribution in [0.2, 0.25) is 0 Å². The van der Waals surface area contributed by atoms with Gasteiger partial charge in [0.1, 0.15) is 16.7 Å². The third kappa shape index (κ3) is 3.09. The van der Waals surface area contributed by atoms with Crippen molar-refractivity contribution >= 4 is 27.5 Å². The van der Waals surface area contributed by atoms with E-state index in [1.54, 1.807) is 6.92 Å². The molecule has 0 aliphatic carbocycles. The van der Waals surface area contributed by atoms with E-state index in [1.807, 2.05) is 44.2 Å². The summed E-state index contributed by atoms with van der Waals surface area (Å²) >= 11 is 1.49. The normalized spacial score (nSPS) is 12.4. The zero-order valence-corrected chi connectivity index (χ0v) is 15.3. The minimum absolute atomic E-state index is 0.286. The smallest absolute Gasteiger partial charge is 0.326 e. The molecular weight excluding hydrogens is 336 g/mol. The number of rotatable bonds is 5. The van der Waals surface area contributed by atoms with Gasteiger partial charge in [-0.05, 0) is 25.8 Å². The summed E-state index contributed by atoms with van der Waals surface area (Å²) in [6.07, 6.45) is 1.13. The Labute approximate surface area is 149 Å². The average Bonchev–Trinajstić information content (AvgIpc) is 3.01. The van der Waals surface area contributed by atoms with Gasteiger partial charge in [-0.25, -0.2) is 9.78 Å². The summed E-state index contributed by atoms with van der Waals surface area (Å²) in [6, 6.07) is 8.52. The molecule has 1 unspecified atom stereocenters. The second-order valence-electron chi connectivity index (χ2n) is 6.02. The summed E-state index contributed by atoms with van der Waals surface area (Å²) in [6.45, 7) is 5.77. The van der Waals surface area contributed by atoms with Gasteiger partial charge in [0.05, 0.1) is 5.39 Å². The Morgan fingerprint density at radius 1 is 1.28 bits per heavy atom. The number of nitrogens with zero attached hydrogens (tertiary/aromatic N) is 2. The summed E-state index contributed by atoms with van der Waals surface area (Å²) < 4.78 is 1.33. The molecule has 0 fully saturated rings. The van der Waals surface area contributed by atoms with Crippen LogP contribution in [-0.4, -0.2) is 20.6 Å². The van der Waals surface area contributed by atoms with Crippen LogP contribution in [0.5, 0.6) is 0 Å². The number of aryl methyl sites for hydroxylation is 2. The summed E-state index contributed by atoms with van der Waals surface area (Å²) in [7, 11) is 0. The maximum atomic E-state index is 13.1. The molecule has 1 N–H and O–H groups in total. The standard InChI is InChI=1S/C19H20N2O3S/c1-4-13-10-14-17(25-13)20-16(12-8-6-11(3)7-9-12)21(18(14)22)15(5-2)19(23)24/h6-10,15H,4-5H2,1-3H3,(H,23,24). The second kappa shape index (κ2) is 6.80. The largest absolute Gasteiger partial charge is 0.480 e. The fourth-order valence-electron chi connectivity index (χ4n) is 2.88. The van der Waals surface area contributed by atoms with Gasteiger partial charge in [-0.2, -0.15) is 0 Å². The van der Waals surface area contributed by atoms with Crippen LogP contribution < -0.4 is 5.56 Å². The number of carboxylic acids is 1. The lowest BCUT2D eigenvalue weighted by Crippen LogP contribution is -2.31. The molecule has 2 heterocycles. The van der Waals surface area contributed by atoms with E-state index in [9.17, 15) is 14.7 Å². The van der Waals surface area contributed by atoms with Crippen LogP contribution in [0.1, 0.15) is 36.8 Å². The fourth-order valence-corrected chi connectivity index (χ4v) is 3.84. The van der Waals surface area contributed by atoms with E-state index in [4.69, 9.17) is 0 Å². The molecule has 0 saturated carbocycles. The highest BCUT2D eigenvalue weighted by atomic mass is 32.1. The maximum Gasteiger partial charge on any atom is 0.326 e. The van der Waals surface area contributed by atoms with Crippen molar-refractivity contribution in [2.24, 2.45) is 0 Å². The number of carbonyl (C=O) groups is 1. The van der Waals surface area contributed by atoms with Crippen molar-refractivity contribution < 1.29 is 9.90 Å². The van der Waals surface area contributed by atoms with Crippen molar-refractivity contribution in [1.82, 2.24) is 9.55 Å². The third-order valence-electron chi connectivity index (χ3n) is 4.29. The molecule has 0 spiro atoms. The summed E-state index contributed by atoms with van der Waals surface area (Å²) in [4.78, 5) is 31.2. The molecule has 0 bridgehead atoms. The molecule has 1 atom stereocenters. The molecule has 0 radical (unpaired) electrons. The summed E-state index contributed by atoms with van der Waals surface area (Å²) in [5, 5.41) is 10.1. The summed E-state index contributed by atoms with van der Waals surface area (Å²) in [5.74, 6) is -0.610. The van der Waals surface area contributed by atoms with Crippen molar-refractivity contribution in [3.05, 3.63) is 51.1 Å². The van der Waals surface area contributed by atoms with E-state index in [0.29, 0.717) is 22.5 Å². The first-order valence-electron chi connectivity index (χ1n) is 8.31. The van der Waals surface area contributed by atoms with Gasteiger partial charge < -0.3 is 5.11 Å². The highest BCUT2D eigenvalue weighted by molar-refractivity contribution is 7.18. The van der Waals surface area contributed by atoms with Gasteiger partial charge in [0.15, 0.2) is 0 Å². The highest BCUT2D eigenvalue weighted by Gasteiger charge is 2.25. The Morgan fingerprint density at radius 3 is 2.52 bits per heavy atom. The van der Waals surface area contributed by atoms with E-state index >= 15 is 0 Å². The number of hydrogen-bond acceptors (Lipinski definition) is 4. The van der Waals surface area contributed by atoms with Gasteiger partial charge in [-0.15, -0.1) is 11.3 Å². The lowest BCUT2D eigenvalue weighted by atomic mass is 10.1. The van der Waals surface area contributed by atoms with E-state index in [1.165, 1.54) is 15.9 Å². The van der Waals surface area contributed by atoms with Gasteiger partial charge in [0.2, 0.25) is 0 Å². The van der Waals surface area contributed by atoms with Gasteiger partial charge >= 0.3 is 5.97 Å². The first kappa shape index (κ1) is 17.4. The molecule has 0 amide bonds. The summed E-state index contributed by atoms with van der Waals surface area (Å²) in [5.41, 5.74) is 1.55. The van der Waals surface area contributed by atoms with E-state index in [2.05, 4.69) is 4.98 Å². The Bertz CT molecular complexity index is 986. The van der Waals surface area contributed by atoms with Crippen molar-refractivity contribution in [3.63, 3.8) is 0 Å². The molecule has 25 heavy (non-hydrogen) atoms. The monoisotopic (exact) mass is 356 g/mol. The van der Waals surface area contributed by atoms with Crippen molar-refractivity contribution in [2.75, 3.05) is 0 Å². The fraction of sp³-hybridized carbons (Fsp3) is 0.316. The lowest BCUT2D eigenvalue weighted by Gasteiger charge is -2.18. The molecule has 130 valence electrons. The topological polar surface area (TPSA) is 72.2 Å². The van der Waals surface area contributed by atoms with Crippen LogP contribution in [0, 0.1) is 6.92 Å². The quantitative estimate of drug-likeness (QED) is 0.749. The molecule has 3 rings (SSSR count). The molecule has 5 nitrogen and oxygen atoms in total. The van der Waals surface area contributed by atoms with Crippen LogP contribution in [0.15, 0.2) is 35.1 Å². The van der Waals surface area contributed by atoms with Crippen molar-refractivity contribution in [3.8, 4) is 11.4 Å². The molecular formula is C19H20N2O3S. The van der Waals surface area contributed by atoms with Crippen LogP contribution in [0.4, 0.5) is 0 Å². The molecule has 3 aromatic rings. The molecule has 0 saturated heterocycles. The van der Waals surface area contributed by atoms with Crippen LogP contribution in [0.3, 0.4) is 0 Å². The Hall–Kier alpha value is -2.47. The molecule has 0 aliphatic rings. The van der Waals surface area contributed by atoms with Gasteiger partial charge in [0.25, 0.3) is 5.56 Å².